The van der Waals surface area contributed by atoms with E-state index in [0.717, 1.165) is 12.1 Å². The number of hydrogen-bond donors (Lipinski definition) is 1. The van der Waals surface area contributed by atoms with Crippen LogP contribution >= 0.6 is 10.5 Å². The minimum Gasteiger partial charge on any atom is -0.326 e. The molecule has 96 valence electrons. The molecule has 3 heteroatoms. The smallest absolute Gasteiger partial charge is 0.221 e. The largest absolute Gasteiger partial charge is 0.326 e. The molecule has 0 radical (unpaired) electrons. The molecule has 19 heavy (non-hydrogen) atoms. The summed E-state index contributed by atoms with van der Waals surface area (Å²) in [6, 6.07) is 14.6. The normalized spacial score (nSPS) is 16.4. The van der Waals surface area contributed by atoms with Gasteiger partial charge in [-0.15, -0.1) is 10.5 Å². The van der Waals surface area contributed by atoms with E-state index in [1.807, 2.05) is 6.07 Å². The van der Waals surface area contributed by atoms with E-state index in [0.29, 0.717) is 0 Å². The number of carbonyl (C=O) groups is 1. The first-order valence-corrected chi connectivity index (χ1v) is 7.57. The Kier molecular flexibility index (Phi) is 2.99. The first-order valence-electron chi connectivity index (χ1n) is 6.17. The highest BCUT2D eigenvalue weighted by Gasteiger charge is 2.17. The van der Waals surface area contributed by atoms with Crippen LogP contribution in [-0.4, -0.2) is 11.8 Å². The lowest BCUT2D eigenvalue weighted by molar-refractivity contribution is -0.114. The van der Waals surface area contributed by atoms with Gasteiger partial charge in [-0.3, -0.25) is 4.79 Å². The van der Waals surface area contributed by atoms with E-state index in [4.69, 9.17) is 0 Å². The monoisotopic (exact) mass is 269 g/mol. The Labute approximate surface area is 115 Å². The van der Waals surface area contributed by atoms with Crippen molar-refractivity contribution in [1.29, 1.82) is 0 Å². The topological polar surface area (TPSA) is 29.1 Å². The third-order valence-electron chi connectivity index (χ3n) is 3.27. The second-order valence-electron chi connectivity index (χ2n) is 4.68. The fraction of sp³-hybridized carbons (Fsp3) is 0.125. The molecule has 1 aliphatic rings. The van der Waals surface area contributed by atoms with Crippen molar-refractivity contribution in [1.82, 2.24) is 0 Å². The van der Waals surface area contributed by atoms with Crippen LogP contribution in [0.3, 0.4) is 0 Å². The third kappa shape index (κ3) is 2.22. The van der Waals surface area contributed by atoms with E-state index in [2.05, 4.69) is 47.6 Å². The van der Waals surface area contributed by atoms with Gasteiger partial charge in [0.1, 0.15) is 0 Å². The molecular weight excluding hydrogens is 254 g/mol. The molecule has 0 aromatic heterocycles. The number of carbonyl (C=O) groups excluding carboxylic acids is 1. The lowest BCUT2D eigenvalue weighted by Crippen LogP contribution is -2.07. The van der Waals surface area contributed by atoms with Crippen molar-refractivity contribution < 1.29 is 4.79 Å². The molecule has 1 N–H and O–H groups in total. The summed E-state index contributed by atoms with van der Waals surface area (Å²) in [4.78, 5) is 13.7. The zero-order chi connectivity index (χ0) is 13.4. The van der Waals surface area contributed by atoms with E-state index in [1.165, 1.54) is 27.8 Å². The molecule has 1 unspecified atom stereocenters. The number of fused-ring (bicyclic) bond motifs is 2. The molecule has 3 rings (SSSR count). The molecule has 1 heterocycles. The average molecular weight is 269 g/mol. The highest BCUT2D eigenvalue weighted by molar-refractivity contribution is 8.14. The van der Waals surface area contributed by atoms with Crippen LogP contribution in [0.2, 0.25) is 0 Å². The lowest BCUT2D eigenvalue weighted by Gasteiger charge is -2.23. The predicted molar refractivity (Wildman–Crippen MR) is 81.2 cm³/mol. The van der Waals surface area contributed by atoms with Crippen molar-refractivity contribution in [2.24, 2.45) is 0 Å². The van der Waals surface area contributed by atoms with Crippen molar-refractivity contribution in [3.8, 4) is 0 Å². The standard InChI is InChI=1S/C16H15NOS/c1-11(18)17-14-8-7-13-9-12-5-3-4-6-15(12)19(2)16(13)10-14/h3-8,10H,2,9H2,1H3,(H,17,18). The number of rotatable bonds is 1. The molecule has 0 spiro atoms. The number of anilines is 1. The maximum Gasteiger partial charge on any atom is 0.221 e. The summed E-state index contributed by atoms with van der Waals surface area (Å²) in [6.07, 6.45) is 0.949. The van der Waals surface area contributed by atoms with Crippen LogP contribution in [0.1, 0.15) is 18.1 Å². The summed E-state index contributed by atoms with van der Waals surface area (Å²) in [5.74, 6) is 4.27. The second-order valence-corrected chi connectivity index (χ2v) is 6.34. The summed E-state index contributed by atoms with van der Waals surface area (Å²) in [5.41, 5.74) is 3.53. The third-order valence-corrected chi connectivity index (χ3v) is 5.11. The van der Waals surface area contributed by atoms with Gasteiger partial charge in [-0.05, 0) is 35.7 Å². The summed E-state index contributed by atoms with van der Waals surface area (Å²) >= 11 is 0. The van der Waals surface area contributed by atoms with Crippen molar-refractivity contribution in [3.63, 3.8) is 0 Å². The van der Waals surface area contributed by atoms with Crippen LogP contribution in [0.4, 0.5) is 5.69 Å². The molecule has 1 amide bonds. The van der Waals surface area contributed by atoms with Gasteiger partial charge in [0.15, 0.2) is 0 Å². The van der Waals surface area contributed by atoms with Crippen LogP contribution < -0.4 is 5.32 Å². The highest BCUT2D eigenvalue weighted by atomic mass is 32.2. The Morgan fingerprint density at radius 1 is 1.16 bits per heavy atom. The molecule has 2 aromatic carbocycles. The van der Waals surface area contributed by atoms with Crippen LogP contribution in [0.5, 0.6) is 0 Å². The van der Waals surface area contributed by atoms with Crippen molar-refractivity contribution in [2.75, 3.05) is 5.32 Å². The van der Waals surface area contributed by atoms with Gasteiger partial charge in [-0.25, -0.2) is 0 Å². The van der Waals surface area contributed by atoms with Gasteiger partial charge < -0.3 is 5.32 Å². The highest BCUT2D eigenvalue weighted by Crippen LogP contribution is 2.44. The molecule has 1 aliphatic heterocycles. The lowest BCUT2D eigenvalue weighted by atomic mass is 10.0. The molecule has 2 aromatic rings. The second kappa shape index (κ2) is 4.67. The first kappa shape index (κ1) is 12.2. The van der Waals surface area contributed by atoms with Crippen LogP contribution in [-0.2, 0) is 11.2 Å². The van der Waals surface area contributed by atoms with Gasteiger partial charge in [-0.2, -0.15) is 0 Å². The molecule has 0 bridgehead atoms. The Balaban J connectivity index is 2.06. The molecular formula is C16H15NOS. The van der Waals surface area contributed by atoms with Crippen molar-refractivity contribution in [2.45, 2.75) is 23.1 Å². The average Bonchev–Trinajstić information content (AvgIpc) is 2.39. The van der Waals surface area contributed by atoms with Crippen molar-refractivity contribution in [3.05, 3.63) is 53.6 Å². The van der Waals surface area contributed by atoms with Gasteiger partial charge in [0.05, 0.1) is 0 Å². The molecule has 0 saturated heterocycles. The van der Waals surface area contributed by atoms with E-state index < -0.39 is 0 Å². The van der Waals surface area contributed by atoms with E-state index >= 15 is 0 Å². The molecule has 2 nitrogen and oxygen atoms in total. The fourth-order valence-electron chi connectivity index (χ4n) is 2.42. The van der Waals surface area contributed by atoms with Crippen molar-refractivity contribution >= 4 is 27.9 Å². The minimum absolute atomic E-state index is 0.0416. The molecule has 1 atom stereocenters. The number of amides is 1. The Morgan fingerprint density at radius 3 is 2.68 bits per heavy atom. The first-order chi connectivity index (χ1) is 9.15. The zero-order valence-corrected chi connectivity index (χ0v) is 11.6. The summed E-state index contributed by atoms with van der Waals surface area (Å²) in [7, 11) is -0.166. The van der Waals surface area contributed by atoms with E-state index in [9.17, 15) is 4.79 Å². The molecule has 0 aliphatic carbocycles. The van der Waals surface area contributed by atoms with Crippen LogP contribution in [0, 0.1) is 0 Å². The van der Waals surface area contributed by atoms with Gasteiger partial charge >= 0.3 is 0 Å². The Bertz CT molecular complexity index is 691. The van der Waals surface area contributed by atoms with E-state index in [1.54, 1.807) is 0 Å². The van der Waals surface area contributed by atoms with Gasteiger partial charge in [0.2, 0.25) is 5.91 Å². The minimum atomic E-state index is -0.166. The van der Waals surface area contributed by atoms with Gasteiger partial charge in [0.25, 0.3) is 0 Å². The number of benzene rings is 2. The maximum atomic E-state index is 11.1. The summed E-state index contributed by atoms with van der Waals surface area (Å²) in [6.45, 7) is 1.53. The summed E-state index contributed by atoms with van der Waals surface area (Å²) < 4.78 is 0. The van der Waals surface area contributed by atoms with Gasteiger partial charge in [0, 0.05) is 22.4 Å². The quantitative estimate of drug-likeness (QED) is 0.671. The molecule has 0 fully saturated rings. The van der Waals surface area contributed by atoms with Crippen LogP contribution in [0.25, 0.3) is 0 Å². The Hall–Kier alpha value is -1.87. The summed E-state index contributed by atoms with van der Waals surface area (Å²) in [5, 5.41) is 2.84. The van der Waals surface area contributed by atoms with E-state index in [-0.39, 0.29) is 16.4 Å². The number of hydrogen-bond acceptors (Lipinski definition) is 1. The SMILES string of the molecule is C=S1c2ccccc2Cc2ccc(NC(C)=O)cc21. The number of nitrogens with one attached hydrogen (secondary N) is 1. The Morgan fingerprint density at radius 2 is 1.89 bits per heavy atom. The zero-order valence-electron chi connectivity index (χ0n) is 10.8. The fourth-order valence-corrected chi connectivity index (χ4v) is 4.09. The predicted octanol–water partition coefficient (Wildman–Crippen LogP) is 3.67. The molecule has 0 saturated carbocycles. The van der Waals surface area contributed by atoms with Crippen LogP contribution in [0.15, 0.2) is 52.3 Å². The van der Waals surface area contributed by atoms with Gasteiger partial charge in [-0.1, -0.05) is 30.1 Å². The maximum absolute atomic E-state index is 11.1.